The van der Waals surface area contributed by atoms with Crippen LogP contribution in [0.1, 0.15) is 6.92 Å². The highest BCUT2D eigenvalue weighted by atomic mass is 32.1. The standard InChI is InChI=1S/C15H20N4OS/c1-2-18-8-9-20-13(10-18)11-19-14(16-17-15(19)21)12-6-4-3-5-7-12/h3-7,13H,2,8-11H2,1H3,(H,17,21). The molecule has 1 aliphatic heterocycles. The molecule has 1 fully saturated rings. The molecule has 0 aliphatic carbocycles. The van der Waals surface area contributed by atoms with Crippen molar-refractivity contribution in [2.75, 3.05) is 26.2 Å². The summed E-state index contributed by atoms with van der Waals surface area (Å²) in [6, 6.07) is 10.1. The first-order valence-electron chi connectivity index (χ1n) is 7.32. The summed E-state index contributed by atoms with van der Waals surface area (Å²) < 4.78 is 8.56. The van der Waals surface area contributed by atoms with Crippen LogP contribution in [0.4, 0.5) is 0 Å². The molecule has 21 heavy (non-hydrogen) atoms. The molecular formula is C15H20N4OS. The molecule has 1 atom stereocenters. The first kappa shape index (κ1) is 14.4. The highest BCUT2D eigenvalue weighted by Gasteiger charge is 2.21. The number of morpholine rings is 1. The number of benzene rings is 1. The zero-order chi connectivity index (χ0) is 14.7. The average Bonchev–Trinajstić information content (AvgIpc) is 2.89. The number of ether oxygens (including phenoxy) is 1. The van der Waals surface area contributed by atoms with Gasteiger partial charge in [-0.05, 0) is 18.8 Å². The predicted molar refractivity (Wildman–Crippen MR) is 84.7 cm³/mol. The van der Waals surface area contributed by atoms with Crippen LogP contribution in [0.25, 0.3) is 11.4 Å². The van der Waals surface area contributed by atoms with Crippen molar-refractivity contribution < 1.29 is 4.74 Å². The summed E-state index contributed by atoms with van der Waals surface area (Å²) in [5.41, 5.74) is 1.06. The van der Waals surface area contributed by atoms with E-state index < -0.39 is 0 Å². The van der Waals surface area contributed by atoms with Gasteiger partial charge in [-0.2, -0.15) is 5.10 Å². The molecule has 6 heteroatoms. The van der Waals surface area contributed by atoms with Crippen LogP contribution in [0.2, 0.25) is 0 Å². The molecule has 0 saturated carbocycles. The van der Waals surface area contributed by atoms with Gasteiger partial charge in [-0.15, -0.1) is 0 Å². The number of H-pyrrole nitrogens is 1. The molecule has 0 bridgehead atoms. The van der Waals surface area contributed by atoms with Gasteiger partial charge in [0.2, 0.25) is 0 Å². The fourth-order valence-corrected chi connectivity index (χ4v) is 2.88. The second-order valence-corrected chi connectivity index (χ2v) is 5.60. The van der Waals surface area contributed by atoms with Crippen LogP contribution in [0.3, 0.4) is 0 Å². The molecular weight excluding hydrogens is 284 g/mol. The molecule has 0 amide bonds. The van der Waals surface area contributed by atoms with Crippen LogP contribution in [0.15, 0.2) is 30.3 Å². The Balaban J connectivity index is 1.83. The Bertz CT molecular complexity index is 637. The third-order valence-corrected chi connectivity index (χ3v) is 4.16. The molecule has 1 N–H and O–H groups in total. The van der Waals surface area contributed by atoms with E-state index in [1.54, 1.807) is 0 Å². The lowest BCUT2D eigenvalue weighted by Crippen LogP contribution is -2.44. The Morgan fingerprint density at radius 3 is 2.95 bits per heavy atom. The summed E-state index contributed by atoms with van der Waals surface area (Å²) in [6.07, 6.45) is 0.158. The maximum absolute atomic E-state index is 5.88. The number of hydrogen-bond acceptors (Lipinski definition) is 4. The molecule has 1 saturated heterocycles. The van der Waals surface area contributed by atoms with E-state index in [4.69, 9.17) is 17.0 Å². The lowest BCUT2D eigenvalue weighted by molar-refractivity contribution is -0.0343. The largest absolute Gasteiger partial charge is 0.374 e. The minimum Gasteiger partial charge on any atom is -0.374 e. The maximum atomic E-state index is 5.88. The summed E-state index contributed by atoms with van der Waals surface area (Å²) in [6.45, 7) is 6.71. The fraction of sp³-hybridized carbons (Fsp3) is 0.467. The Hall–Kier alpha value is -1.50. The molecule has 3 rings (SSSR count). The molecule has 0 spiro atoms. The van der Waals surface area contributed by atoms with Crippen LogP contribution < -0.4 is 0 Å². The van der Waals surface area contributed by atoms with Gasteiger partial charge >= 0.3 is 0 Å². The normalized spacial score (nSPS) is 19.8. The van der Waals surface area contributed by atoms with Crippen molar-refractivity contribution in [3.63, 3.8) is 0 Å². The zero-order valence-electron chi connectivity index (χ0n) is 12.2. The number of nitrogens with zero attached hydrogens (tertiary/aromatic N) is 3. The first-order chi connectivity index (χ1) is 10.3. The summed E-state index contributed by atoms with van der Waals surface area (Å²) in [5.74, 6) is 0.873. The minimum atomic E-state index is 0.158. The van der Waals surface area contributed by atoms with E-state index in [0.717, 1.165) is 44.2 Å². The number of aromatic amines is 1. The van der Waals surface area contributed by atoms with Crippen molar-refractivity contribution >= 4 is 12.2 Å². The first-order valence-corrected chi connectivity index (χ1v) is 7.73. The van der Waals surface area contributed by atoms with Gasteiger partial charge in [0.15, 0.2) is 10.6 Å². The third kappa shape index (κ3) is 3.23. The van der Waals surface area contributed by atoms with Crippen molar-refractivity contribution in [2.45, 2.75) is 19.6 Å². The Morgan fingerprint density at radius 1 is 1.38 bits per heavy atom. The molecule has 2 heterocycles. The minimum absolute atomic E-state index is 0.158. The lowest BCUT2D eigenvalue weighted by Gasteiger charge is -2.32. The third-order valence-electron chi connectivity index (χ3n) is 3.85. The summed E-state index contributed by atoms with van der Waals surface area (Å²) >= 11 is 5.37. The van der Waals surface area contributed by atoms with Gasteiger partial charge in [0, 0.05) is 18.7 Å². The predicted octanol–water partition coefficient (Wildman–Crippen LogP) is 2.33. The highest BCUT2D eigenvalue weighted by Crippen LogP contribution is 2.18. The highest BCUT2D eigenvalue weighted by molar-refractivity contribution is 7.71. The number of likely N-dealkylation sites (N-methyl/N-ethyl adjacent to an activating group) is 1. The van der Waals surface area contributed by atoms with E-state index in [2.05, 4.69) is 22.0 Å². The molecule has 5 nitrogen and oxygen atoms in total. The molecule has 1 aliphatic rings. The average molecular weight is 304 g/mol. The monoisotopic (exact) mass is 304 g/mol. The Morgan fingerprint density at radius 2 is 2.19 bits per heavy atom. The smallest absolute Gasteiger partial charge is 0.195 e. The van der Waals surface area contributed by atoms with Crippen LogP contribution >= 0.6 is 12.2 Å². The van der Waals surface area contributed by atoms with E-state index in [1.165, 1.54) is 0 Å². The Kier molecular flexibility index (Phi) is 4.48. The van der Waals surface area contributed by atoms with Gasteiger partial charge in [0.1, 0.15) is 0 Å². The van der Waals surface area contributed by atoms with E-state index in [9.17, 15) is 0 Å². The van der Waals surface area contributed by atoms with E-state index in [1.807, 2.05) is 34.9 Å². The van der Waals surface area contributed by atoms with Crippen molar-refractivity contribution in [3.8, 4) is 11.4 Å². The van der Waals surface area contributed by atoms with E-state index in [-0.39, 0.29) is 6.10 Å². The van der Waals surface area contributed by atoms with Crippen LogP contribution in [-0.2, 0) is 11.3 Å². The summed E-state index contributed by atoms with van der Waals surface area (Å²) in [7, 11) is 0. The Labute approximate surface area is 129 Å². The van der Waals surface area contributed by atoms with Crippen molar-refractivity contribution in [1.29, 1.82) is 0 Å². The maximum Gasteiger partial charge on any atom is 0.195 e. The van der Waals surface area contributed by atoms with Crippen molar-refractivity contribution in [2.24, 2.45) is 0 Å². The molecule has 112 valence electrons. The van der Waals surface area contributed by atoms with Crippen LogP contribution in [-0.4, -0.2) is 52.0 Å². The molecule has 1 aromatic carbocycles. The number of hydrogen-bond donors (Lipinski definition) is 1. The lowest BCUT2D eigenvalue weighted by atomic mass is 10.2. The summed E-state index contributed by atoms with van der Waals surface area (Å²) in [4.78, 5) is 2.40. The fourth-order valence-electron chi connectivity index (χ4n) is 2.68. The quantitative estimate of drug-likeness (QED) is 0.881. The van der Waals surface area contributed by atoms with Crippen LogP contribution in [0, 0.1) is 4.77 Å². The topological polar surface area (TPSA) is 46.1 Å². The summed E-state index contributed by atoms with van der Waals surface area (Å²) in [5, 5.41) is 7.26. The number of nitrogens with one attached hydrogen (secondary N) is 1. The number of aromatic nitrogens is 3. The second kappa shape index (κ2) is 6.51. The van der Waals surface area contributed by atoms with Crippen molar-refractivity contribution in [1.82, 2.24) is 19.7 Å². The van der Waals surface area contributed by atoms with Gasteiger partial charge in [-0.1, -0.05) is 37.3 Å². The van der Waals surface area contributed by atoms with Gasteiger partial charge in [0.05, 0.1) is 19.3 Å². The molecule has 1 unspecified atom stereocenters. The molecule has 2 aromatic rings. The van der Waals surface area contributed by atoms with Gasteiger partial charge in [0.25, 0.3) is 0 Å². The molecule has 0 radical (unpaired) electrons. The van der Waals surface area contributed by atoms with Gasteiger partial charge in [-0.3, -0.25) is 14.6 Å². The molecule has 1 aromatic heterocycles. The van der Waals surface area contributed by atoms with Crippen LogP contribution in [0.5, 0.6) is 0 Å². The second-order valence-electron chi connectivity index (χ2n) is 5.22. The zero-order valence-corrected chi connectivity index (χ0v) is 13.0. The number of rotatable bonds is 4. The van der Waals surface area contributed by atoms with Gasteiger partial charge in [-0.25, -0.2) is 0 Å². The van der Waals surface area contributed by atoms with Crippen molar-refractivity contribution in [3.05, 3.63) is 35.1 Å². The van der Waals surface area contributed by atoms with E-state index >= 15 is 0 Å². The SMILES string of the molecule is CCN1CCOC(Cn2c(-c3ccccc3)n[nH]c2=S)C1. The van der Waals surface area contributed by atoms with E-state index in [0.29, 0.717) is 4.77 Å². The van der Waals surface area contributed by atoms with Gasteiger partial charge < -0.3 is 4.74 Å².